The lowest BCUT2D eigenvalue weighted by Crippen LogP contribution is -2.41. The molecule has 1 heterocycles. The maximum Gasteiger partial charge on any atom is 0.170 e. The molecule has 0 radical (unpaired) electrons. The first kappa shape index (κ1) is 20.4. The summed E-state index contributed by atoms with van der Waals surface area (Å²) in [5, 5.41) is 7.27. The number of anilines is 1. The average molecular weight is 400 g/mol. The number of hydrogen-bond donors (Lipinski definition) is 2. The van der Waals surface area contributed by atoms with Crippen LogP contribution >= 0.6 is 12.2 Å². The van der Waals surface area contributed by atoms with Gasteiger partial charge >= 0.3 is 0 Å². The number of ether oxygens (including phenoxy) is 2. The Kier molecular flexibility index (Phi) is 7.51. The molecule has 0 amide bonds. The molecule has 150 valence electrons. The van der Waals surface area contributed by atoms with Crippen LogP contribution in [0, 0.1) is 0 Å². The summed E-state index contributed by atoms with van der Waals surface area (Å²) in [5.74, 6) is 1.71. The lowest BCUT2D eigenvalue weighted by Gasteiger charge is -2.35. The summed E-state index contributed by atoms with van der Waals surface area (Å²) in [6, 6.07) is 16.4. The fourth-order valence-corrected chi connectivity index (χ4v) is 3.75. The van der Waals surface area contributed by atoms with Crippen LogP contribution in [0.5, 0.6) is 11.5 Å². The number of methoxy groups -OCH3 is 2. The van der Waals surface area contributed by atoms with Gasteiger partial charge in [0.1, 0.15) is 11.5 Å². The summed E-state index contributed by atoms with van der Waals surface area (Å²) in [7, 11) is 3.36. The second-order valence-corrected chi connectivity index (χ2v) is 7.36. The molecule has 1 unspecified atom stereocenters. The zero-order valence-corrected chi connectivity index (χ0v) is 17.4. The number of nitrogens with zero attached hydrogens (tertiary/aromatic N) is 1. The van der Waals surface area contributed by atoms with Crippen molar-refractivity contribution >= 4 is 23.0 Å². The minimum atomic E-state index is 0.279. The van der Waals surface area contributed by atoms with Crippen LogP contribution in [0.4, 0.5) is 5.69 Å². The summed E-state index contributed by atoms with van der Waals surface area (Å²) < 4.78 is 10.5. The van der Waals surface area contributed by atoms with Crippen LogP contribution in [0.15, 0.2) is 48.5 Å². The lowest BCUT2D eigenvalue weighted by atomic mass is 10.0. The highest BCUT2D eigenvalue weighted by atomic mass is 32.1. The van der Waals surface area contributed by atoms with E-state index in [0.29, 0.717) is 5.11 Å². The van der Waals surface area contributed by atoms with E-state index in [4.69, 9.17) is 21.7 Å². The predicted molar refractivity (Wildman–Crippen MR) is 118 cm³/mol. The molecule has 6 heteroatoms. The van der Waals surface area contributed by atoms with Gasteiger partial charge < -0.3 is 20.1 Å². The quantitative estimate of drug-likeness (QED) is 0.680. The molecule has 28 heavy (non-hydrogen) atoms. The Morgan fingerprint density at radius 3 is 2.07 bits per heavy atom. The van der Waals surface area contributed by atoms with Gasteiger partial charge in [-0.2, -0.15) is 0 Å². The lowest BCUT2D eigenvalue weighted by molar-refractivity contribution is 0.164. The third kappa shape index (κ3) is 5.59. The Morgan fingerprint density at radius 1 is 0.929 bits per heavy atom. The highest BCUT2D eigenvalue weighted by molar-refractivity contribution is 7.80. The molecular formula is C22H29N3O2S. The number of rotatable bonds is 7. The van der Waals surface area contributed by atoms with E-state index in [0.717, 1.165) is 36.8 Å². The molecule has 0 spiro atoms. The first-order valence-corrected chi connectivity index (χ1v) is 10.2. The molecule has 2 N–H and O–H groups in total. The maximum atomic E-state index is 5.51. The van der Waals surface area contributed by atoms with Crippen LogP contribution in [0.3, 0.4) is 0 Å². The van der Waals surface area contributed by atoms with Crippen molar-refractivity contribution in [3.8, 4) is 11.5 Å². The molecule has 5 nitrogen and oxygen atoms in total. The third-order valence-electron chi connectivity index (χ3n) is 5.14. The standard InChI is InChI=1S/C22H29N3O2S/c1-26-19-10-6-17(7-11-19)21(25-14-4-3-5-15-25)16-23-22(28)24-18-8-12-20(27-2)13-9-18/h6-13,21H,3-5,14-16H2,1-2H3,(H2,23,24,28). The van der Waals surface area contributed by atoms with Crippen LogP contribution in [0.25, 0.3) is 0 Å². The van der Waals surface area contributed by atoms with Gasteiger partial charge in [0.2, 0.25) is 0 Å². The summed E-state index contributed by atoms with van der Waals surface area (Å²) in [5.41, 5.74) is 2.22. The normalized spacial score (nSPS) is 15.5. The fraction of sp³-hybridized carbons (Fsp3) is 0.409. The van der Waals surface area contributed by atoms with Crippen LogP contribution in [0.2, 0.25) is 0 Å². The Bertz CT molecular complexity index is 743. The minimum Gasteiger partial charge on any atom is -0.497 e. The van der Waals surface area contributed by atoms with Gasteiger partial charge in [-0.05, 0) is 80.1 Å². The van der Waals surface area contributed by atoms with Gasteiger partial charge in [-0.3, -0.25) is 4.90 Å². The fourth-order valence-electron chi connectivity index (χ4n) is 3.55. The molecule has 1 saturated heterocycles. The van der Waals surface area contributed by atoms with E-state index in [1.807, 2.05) is 36.4 Å². The molecule has 1 atom stereocenters. The molecule has 0 bridgehead atoms. The number of benzene rings is 2. The monoisotopic (exact) mass is 399 g/mol. The van der Waals surface area contributed by atoms with E-state index < -0.39 is 0 Å². The van der Waals surface area contributed by atoms with E-state index >= 15 is 0 Å². The van der Waals surface area contributed by atoms with Crippen LogP contribution < -0.4 is 20.1 Å². The second kappa shape index (κ2) is 10.3. The molecule has 2 aromatic rings. The molecule has 3 rings (SSSR count). The van der Waals surface area contributed by atoms with Crippen molar-refractivity contribution in [1.29, 1.82) is 0 Å². The van der Waals surface area contributed by atoms with Gasteiger partial charge in [0.15, 0.2) is 5.11 Å². The molecular weight excluding hydrogens is 370 g/mol. The van der Waals surface area contributed by atoms with Gasteiger partial charge in [0.05, 0.1) is 20.3 Å². The molecule has 0 aromatic heterocycles. The van der Waals surface area contributed by atoms with Crippen molar-refractivity contribution in [1.82, 2.24) is 10.2 Å². The summed E-state index contributed by atoms with van der Waals surface area (Å²) in [4.78, 5) is 2.55. The summed E-state index contributed by atoms with van der Waals surface area (Å²) in [6.07, 6.45) is 3.82. The van der Waals surface area contributed by atoms with E-state index in [1.165, 1.54) is 24.8 Å². The Hall–Kier alpha value is -2.31. The summed E-state index contributed by atoms with van der Waals surface area (Å²) >= 11 is 5.51. The number of hydrogen-bond acceptors (Lipinski definition) is 4. The zero-order chi connectivity index (χ0) is 19.8. The van der Waals surface area contributed by atoms with E-state index in [2.05, 4.69) is 27.7 Å². The van der Waals surface area contributed by atoms with Crippen molar-refractivity contribution in [2.24, 2.45) is 0 Å². The van der Waals surface area contributed by atoms with Gasteiger partial charge in [-0.1, -0.05) is 18.6 Å². The van der Waals surface area contributed by atoms with Crippen molar-refractivity contribution in [3.05, 3.63) is 54.1 Å². The third-order valence-corrected chi connectivity index (χ3v) is 5.38. The summed E-state index contributed by atoms with van der Waals surface area (Å²) in [6.45, 7) is 3.00. The SMILES string of the molecule is COc1ccc(NC(=S)NCC(c2ccc(OC)cc2)N2CCCCC2)cc1. The molecule has 1 aliphatic rings. The Balaban J connectivity index is 1.63. The van der Waals surface area contributed by atoms with Crippen LogP contribution in [0.1, 0.15) is 30.9 Å². The first-order valence-electron chi connectivity index (χ1n) is 9.76. The minimum absolute atomic E-state index is 0.279. The highest BCUT2D eigenvalue weighted by Gasteiger charge is 2.22. The molecule has 0 aliphatic carbocycles. The zero-order valence-electron chi connectivity index (χ0n) is 16.6. The highest BCUT2D eigenvalue weighted by Crippen LogP contribution is 2.26. The second-order valence-electron chi connectivity index (χ2n) is 6.95. The van der Waals surface area contributed by atoms with E-state index in [9.17, 15) is 0 Å². The first-order chi connectivity index (χ1) is 13.7. The van der Waals surface area contributed by atoms with E-state index in [-0.39, 0.29) is 6.04 Å². The smallest absolute Gasteiger partial charge is 0.170 e. The Labute approximate surface area is 173 Å². The van der Waals surface area contributed by atoms with Gasteiger partial charge in [-0.15, -0.1) is 0 Å². The number of thiocarbonyl (C=S) groups is 1. The van der Waals surface area contributed by atoms with Gasteiger partial charge in [0, 0.05) is 12.2 Å². The largest absolute Gasteiger partial charge is 0.497 e. The average Bonchev–Trinajstić information content (AvgIpc) is 2.75. The maximum absolute atomic E-state index is 5.51. The molecule has 1 aliphatic heterocycles. The number of likely N-dealkylation sites (tertiary alicyclic amines) is 1. The van der Waals surface area contributed by atoms with E-state index in [1.54, 1.807) is 14.2 Å². The van der Waals surface area contributed by atoms with Crippen molar-refractivity contribution in [2.75, 3.05) is 39.2 Å². The molecule has 1 fully saturated rings. The van der Waals surface area contributed by atoms with Crippen molar-refractivity contribution < 1.29 is 9.47 Å². The Morgan fingerprint density at radius 2 is 1.50 bits per heavy atom. The number of piperidine rings is 1. The van der Waals surface area contributed by atoms with Crippen molar-refractivity contribution in [3.63, 3.8) is 0 Å². The molecule has 0 saturated carbocycles. The van der Waals surface area contributed by atoms with Crippen LogP contribution in [-0.2, 0) is 0 Å². The predicted octanol–water partition coefficient (Wildman–Crippen LogP) is 4.22. The topological polar surface area (TPSA) is 45.8 Å². The number of nitrogens with one attached hydrogen (secondary N) is 2. The molecule has 2 aromatic carbocycles. The van der Waals surface area contributed by atoms with Crippen molar-refractivity contribution in [2.45, 2.75) is 25.3 Å². The van der Waals surface area contributed by atoms with Crippen LogP contribution in [-0.4, -0.2) is 43.9 Å². The van der Waals surface area contributed by atoms with Gasteiger partial charge in [-0.25, -0.2) is 0 Å². The van der Waals surface area contributed by atoms with Gasteiger partial charge in [0.25, 0.3) is 0 Å².